The smallest absolute Gasteiger partial charge is 0.326 e. The van der Waals surface area contributed by atoms with E-state index in [-0.39, 0.29) is 30.9 Å². The maximum absolute atomic E-state index is 12.0. The van der Waals surface area contributed by atoms with Crippen LogP contribution in [0.1, 0.15) is 6.42 Å². The van der Waals surface area contributed by atoms with Crippen LogP contribution >= 0.6 is 0 Å². The summed E-state index contributed by atoms with van der Waals surface area (Å²) >= 11 is 0. The molecule has 0 saturated carbocycles. The summed E-state index contributed by atoms with van der Waals surface area (Å²) in [6, 6.07) is 4.94. The number of nitrogens with one attached hydrogen (secondary N) is 1. The van der Waals surface area contributed by atoms with Crippen molar-refractivity contribution in [3.63, 3.8) is 0 Å². The Morgan fingerprint density at radius 1 is 1.43 bits per heavy atom. The molecule has 0 aromatic heterocycles. The molecular formula is C14H19N3O6. The number of carboxylic acids is 1. The van der Waals surface area contributed by atoms with Crippen molar-refractivity contribution in [1.29, 1.82) is 0 Å². The number of methoxy groups -OCH3 is 1. The van der Waals surface area contributed by atoms with Gasteiger partial charge < -0.3 is 20.1 Å². The Labute approximate surface area is 133 Å². The molecule has 1 rings (SSSR count). The van der Waals surface area contributed by atoms with Gasteiger partial charge in [0.15, 0.2) is 0 Å². The van der Waals surface area contributed by atoms with Crippen LogP contribution in [0.15, 0.2) is 24.3 Å². The zero-order chi connectivity index (χ0) is 17.4. The molecule has 126 valence electrons. The number of hydrogen-bond acceptors (Lipinski definition) is 6. The molecule has 0 radical (unpaired) electrons. The monoisotopic (exact) mass is 325 g/mol. The minimum absolute atomic E-state index is 0.128. The van der Waals surface area contributed by atoms with E-state index in [4.69, 9.17) is 9.84 Å². The number of carboxylic acid groups (broad SMARTS) is 1. The molecule has 1 amide bonds. The van der Waals surface area contributed by atoms with E-state index in [1.165, 1.54) is 37.3 Å². The predicted octanol–water partition coefficient (Wildman–Crippen LogP) is 0.637. The van der Waals surface area contributed by atoms with Crippen molar-refractivity contribution in [2.75, 3.05) is 32.2 Å². The Balaban J connectivity index is 2.73. The molecule has 0 bridgehead atoms. The molecular weight excluding hydrogens is 306 g/mol. The number of ether oxygens (including phenoxy) is 1. The maximum atomic E-state index is 12.0. The number of benzene rings is 1. The van der Waals surface area contributed by atoms with Gasteiger partial charge in [0, 0.05) is 33.3 Å². The van der Waals surface area contributed by atoms with E-state index >= 15 is 0 Å². The van der Waals surface area contributed by atoms with Crippen LogP contribution in [0, 0.1) is 10.1 Å². The highest BCUT2D eigenvalue weighted by atomic mass is 16.6. The average molecular weight is 325 g/mol. The van der Waals surface area contributed by atoms with E-state index in [9.17, 15) is 19.7 Å². The number of nitro benzene ring substituents is 1. The van der Waals surface area contributed by atoms with Crippen molar-refractivity contribution in [2.24, 2.45) is 0 Å². The molecule has 0 aliphatic heterocycles. The number of nitro groups is 1. The molecule has 0 aliphatic carbocycles. The minimum Gasteiger partial charge on any atom is -0.480 e. The fourth-order valence-electron chi connectivity index (χ4n) is 1.97. The van der Waals surface area contributed by atoms with Crippen LogP contribution in [0.5, 0.6) is 0 Å². The zero-order valence-electron chi connectivity index (χ0n) is 12.9. The summed E-state index contributed by atoms with van der Waals surface area (Å²) in [5, 5.41) is 22.4. The lowest BCUT2D eigenvalue weighted by Gasteiger charge is -2.20. The van der Waals surface area contributed by atoms with Crippen molar-refractivity contribution in [2.45, 2.75) is 12.5 Å². The van der Waals surface area contributed by atoms with Crippen LogP contribution in [-0.4, -0.2) is 55.3 Å². The van der Waals surface area contributed by atoms with Crippen molar-refractivity contribution < 1.29 is 24.4 Å². The second-order valence-electron chi connectivity index (χ2n) is 4.84. The first-order chi connectivity index (χ1) is 10.9. The highest BCUT2D eigenvalue weighted by molar-refractivity contribution is 5.87. The van der Waals surface area contributed by atoms with Gasteiger partial charge in [-0.25, -0.2) is 4.79 Å². The van der Waals surface area contributed by atoms with E-state index in [0.29, 0.717) is 0 Å². The number of carbonyl (C=O) groups excluding carboxylic acids is 1. The molecule has 0 spiro atoms. The van der Waals surface area contributed by atoms with E-state index in [1.54, 1.807) is 6.07 Å². The quantitative estimate of drug-likeness (QED) is 0.504. The number of amides is 1. The third-order valence-corrected chi connectivity index (χ3v) is 3.11. The summed E-state index contributed by atoms with van der Waals surface area (Å²) in [4.78, 5) is 34.9. The van der Waals surface area contributed by atoms with Crippen LogP contribution in [-0.2, 0) is 14.3 Å². The van der Waals surface area contributed by atoms with Gasteiger partial charge in [0.05, 0.1) is 11.5 Å². The predicted molar refractivity (Wildman–Crippen MR) is 82.4 cm³/mol. The lowest BCUT2D eigenvalue weighted by molar-refractivity contribution is -0.384. The molecule has 23 heavy (non-hydrogen) atoms. The fraction of sp³-hybridized carbons (Fsp3) is 0.429. The Kier molecular flexibility index (Phi) is 6.94. The first-order valence-corrected chi connectivity index (χ1v) is 6.82. The molecule has 0 fully saturated rings. The number of carbonyl (C=O) groups is 2. The molecule has 1 aromatic rings. The van der Waals surface area contributed by atoms with Gasteiger partial charge in [0.1, 0.15) is 11.7 Å². The molecule has 1 aromatic carbocycles. The number of aliphatic carboxylic acids is 1. The number of para-hydroxylation sites is 2. The summed E-state index contributed by atoms with van der Waals surface area (Å²) in [6.45, 7) is -0.0150. The van der Waals surface area contributed by atoms with E-state index in [2.05, 4.69) is 5.32 Å². The second kappa shape index (κ2) is 8.69. The maximum Gasteiger partial charge on any atom is 0.326 e. The van der Waals surface area contributed by atoms with Crippen molar-refractivity contribution in [1.82, 2.24) is 5.32 Å². The Hall–Kier alpha value is -2.68. The average Bonchev–Trinajstić information content (AvgIpc) is 2.50. The van der Waals surface area contributed by atoms with E-state index in [0.717, 1.165) is 0 Å². The Morgan fingerprint density at radius 2 is 2.09 bits per heavy atom. The summed E-state index contributed by atoms with van der Waals surface area (Å²) in [7, 11) is 2.95. The molecule has 9 heteroatoms. The number of hydrogen-bond donors (Lipinski definition) is 2. The molecule has 0 heterocycles. The Morgan fingerprint density at radius 3 is 2.65 bits per heavy atom. The number of likely N-dealkylation sites (N-methyl/N-ethyl adjacent to an activating group) is 1. The fourth-order valence-corrected chi connectivity index (χ4v) is 1.97. The third kappa shape index (κ3) is 5.55. The van der Waals surface area contributed by atoms with Crippen molar-refractivity contribution >= 4 is 23.3 Å². The highest BCUT2D eigenvalue weighted by Gasteiger charge is 2.22. The lowest BCUT2D eigenvalue weighted by Crippen LogP contribution is -2.45. The minimum atomic E-state index is -1.16. The van der Waals surface area contributed by atoms with Gasteiger partial charge in [-0.1, -0.05) is 12.1 Å². The summed E-state index contributed by atoms with van der Waals surface area (Å²) in [5.41, 5.74) is 0.147. The topological polar surface area (TPSA) is 122 Å². The largest absolute Gasteiger partial charge is 0.480 e. The molecule has 9 nitrogen and oxygen atoms in total. The number of rotatable bonds is 9. The van der Waals surface area contributed by atoms with Crippen LogP contribution < -0.4 is 10.2 Å². The molecule has 2 N–H and O–H groups in total. The van der Waals surface area contributed by atoms with Gasteiger partial charge in [-0.3, -0.25) is 14.9 Å². The van der Waals surface area contributed by atoms with Crippen LogP contribution in [0.2, 0.25) is 0 Å². The number of anilines is 1. The van der Waals surface area contributed by atoms with Crippen LogP contribution in [0.3, 0.4) is 0 Å². The van der Waals surface area contributed by atoms with Crippen molar-refractivity contribution in [3.05, 3.63) is 34.4 Å². The van der Waals surface area contributed by atoms with Crippen molar-refractivity contribution in [3.8, 4) is 0 Å². The van der Waals surface area contributed by atoms with Crippen LogP contribution in [0.25, 0.3) is 0 Å². The molecule has 0 saturated heterocycles. The normalized spacial score (nSPS) is 11.6. The third-order valence-electron chi connectivity index (χ3n) is 3.11. The first-order valence-electron chi connectivity index (χ1n) is 6.82. The molecule has 0 aliphatic rings. The van der Waals surface area contributed by atoms with Gasteiger partial charge in [-0.15, -0.1) is 0 Å². The summed E-state index contributed by atoms with van der Waals surface area (Å²) < 4.78 is 4.80. The van der Waals surface area contributed by atoms with Gasteiger partial charge in [0.2, 0.25) is 5.91 Å². The van der Waals surface area contributed by atoms with Gasteiger partial charge in [-0.05, 0) is 6.07 Å². The highest BCUT2D eigenvalue weighted by Crippen LogP contribution is 2.26. The molecule has 1 unspecified atom stereocenters. The SMILES string of the molecule is COCCC(NC(=O)CN(C)c1ccccc1[N+](=O)[O-])C(=O)O. The van der Waals surface area contributed by atoms with Gasteiger partial charge in [0.25, 0.3) is 5.69 Å². The first kappa shape index (κ1) is 18.4. The standard InChI is InChI=1S/C14H19N3O6/c1-16(11-5-3-4-6-12(11)17(21)22)9-13(18)15-10(14(19)20)7-8-23-2/h3-6,10H,7-9H2,1-2H3,(H,15,18)(H,19,20). The summed E-state index contributed by atoms with van der Waals surface area (Å²) in [6.07, 6.45) is 0.132. The van der Waals surface area contributed by atoms with Gasteiger partial charge >= 0.3 is 5.97 Å². The molecule has 1 atom stereocenters. The Bertz CT molecular complexity index is 577. The van der Waals surface area contributed by atoms with E-state index in [1.807, 2.05) is 0 Å². The van der Waals surface area contributed by atoms with E-state index < -0.39 is 22.8 Å². The zero-order valence-corrected chi connectivity index (χ0v) is 12.9. The van der Waals surface area contributed by atoms with Crippen LogP contribution in [0.4, 0.5) is 11.4 Å². The lowest BCUT2D eigenvalue weighted by atomic mass is 10.2. The number of nitrogens with zero attached hydrogens (tertiary/aromatic N) is 2. The summed E-state index contributed by atoms with van der Waals surface area (Å²) in [5.74, 6) is -1.71. The van der Waals surface area contributed by atoms with Gasteiger partial charge in [-0.2, -0.15) is 0 Å². The second-order valence-corrected chi connectivity index (χ2v) is 4.84.